The molecule has 0 amide bonds. The summed E-state index contributed by atoms with van der Waals surface area (Å²) in [7, 11) is 0. The SMILES string of the molecule is CCCCCCNC(=S)Nc1ccc(C(F)(F)F)cc1. The number of alkyl halides is 3. The van der Waals surface area contributed by atoms with Crippen molar-refractivity contribution in [2.75, 3.05) is 11.9 Å². The lowest BCUT2D eigenvalue weighted by atomic mass is 10.2. The molecule has 0 radical (unpaired) electrons. The van der Waals surface area contributed by atoms with Crippen molar-refractivity contribution in [3.8, 4) is 0 Å². The summed E-state index contributed by atoms with van der Waals surface area (Å²) in [6, 6.07) is 4.81. The smallest absolute Gasteiger partial charge is 0.362 e. The molecule has 0 aromatic heterocycles. The number of unbranched alkanes of at least 4 members (excludes halogenated alkanes) is 3. The third kappa shape index (κ3) is 6.23. The average molecular weight is 304 g/mol. The standard InChI is InChI=1S/C14H19F3N2S/c1-2-3-4-5-10-18-13(20)19-12-8-6-11(7-9-12)14(15,16)17/h6-9H,2-5,10H2,1H3,(H2,18,19,20). The van der Waals surface area contributed by atoms with Gasteiger partial charge in [-0.1, -0.05) is 26.2 Å². The fraction of sp³-hybridized carbons (Fsp3) is 0.500. The van der Waals surface area contributed by atoms with Gasteiger partial charge in [0.2, 0.25) is 0 Å². The van der Waals surface area contributed by atoms with Crippen molar-refractivity contribution in [3.63, 3.8) is 0 Å². The van der Waals surface area contributed by atoms with Gasteiger partial charge in [-0.05, 0) is 42.9 Å². The Morgan fingerprint density at radius 2 is 1.75 bits per heavy atom. The van der Waals surface area contributed by atoms with Crippen molar-refractivity contribution in [1.82, 2.24) is 5.32 Å². The molecule has 2 nitrogen and oxygen atoms in total. The maximum Gasteiger partial charge on any atom is 0.416 e. The summed E-state index contributed by atoms with van der Waals surface area (Å²) in [4.78, 5) is 0. The highest BCUT2D eigenvalue weighted by atomic mass is 32.1. The number of rotatable bonds is 6. The van der Waals surface area contributed by atoms with E-state index in [0.29, 0.717) is 10.8 Å². The molecule has 2 N–H and O–H groups in total. The normalized spacial score (nSPS) is 11.2. The number of thiocarbonyl (C=S) groups is 1. The van der Waals surface area contributed by atoms with Crippen molar-refractivity contribution in [1.29, 1.82) is 0 Å². The summed E-state index contributed by atoms with van der Waals surface area (Å²) >= 11 is 5.08. The van der Waals surface area contributed by atoms with E-state index in [0.717, 1.165) is 31.5 Å². The lowest BCUT2D eigenvalue weighted by molar-refractivity contribution is -0.137. The molecule has 0 aliphatic rings. The van der Waals surface area contributed by atoms with Crippen LogP contribution in [0.5, 0.6) is 0 Å². The summed E-state index contributed by atoms with van der Waals surface area (Å²) in [6.07, 6.45) is 0.237. The predicted molar refractivity (Wildman–Crippen MR) is 79.8 cm³/mol. The number of halogens is 3. The van der Waals surface area contributed by atoms with Crippen LogP contribution in [0.15, 0.2) is 24.3 Å². The topological polar surface area (TPSA) is 24.1 Å². The largest absolute Gasteiger partial charge is 0.416 e. The van der Waals surface area contributed by atoms with Crippen molar-refractivity contribution in [2.24, 2.45) is 0 Å². The van der Waals surface area contributed by atoms with Gasteiger partial charge in [0.1, 0.15) is 0 Å². The summed E-state index contributed by atoms with van der Waals surface area (Å²) in [5, 5.41) is 6.33. The number of benzene rings is 1. The molecule has 0 saturated carbocycles. The predicted octanol–water partition coefficient (Wildman–Crippen LogP) is 4.57. The molecule has 0 saturated heterocycles. The Morgan fingerprint density at radius 1 is 1.10 bits per heavy atom. The highest BCUT2D eigenvalue weighted by molar-refractivity contribution is 7.80. The van der Waals surface area contributed by atoms with Gasteiger partial charge < -0.3 is 10.6 Å². The van der Waals surface area contributed by atoms with E-state index < -0.39 is 11.7 Å². The van der Waals surface area contributed by atoms with Gasteiger partial charge in [0, 0.05) is 12.2 Å². The number of nitrogens with one attached hydrogen (secondary N) is 2. The zero-order valence-electron chi connectivity index (χ0n) is 11.4. The van der Waals surface area contributed by atoms with Gasteiger partial charge in [-0.25, -0.2) is 0 Å². The molecular weight excluding hydrogens is 285 g/mol. The fourth-order valence-corrected chi connectivity index (χ4v) is 1.89. The van der Waals surface area contributed by atoms with Crippen LogP contribution in [-0.2, 0) is 6.18 Å². The second kappa shape index (κ2) is 8.09. The third-order valence-corrected chi connectivity index (χ3v) is 3.03. The Morgan fingerprint density at radius 3 is 2.30 bits per heavy atom. The third-order valence-electron chi connectivity index (χ3n) is 2.79. The Bertz CT molecular complexity index is 415. The first-order chi connectivity index (χ1) is 9.43. The van der Waals surface area contributed by atoms with Gasteiger partial charge in [-0.2, -0.15) is 13.2 Å². The zero-order chi connectivity index (χ0) is 15.0. The van der Waals surface area contributed by atoms with Crippen molar-refractivity contribution < 1.29 is 13.2 Å². The van der Waals surface area contributed by atoms with Gasteiger partial charge >= 0.3 is 6.18 Å². The molecule has 0 heterocycles. The van der Waals surface area contributed by atoms with Crippen LogP contribution in [0.4, 0.5) is 18.9 Å². The van der Waals surface area contributed by atoms with Crippen LogP contribution in [0.1, 0.15) is 38.2 Å². The molecule has 0 aliphatic heterocycles. The van der Waals surface area contributed by atoms with E-state index in [1.807, 2.05) is 0 Å². The second-order valence-corrected chi connectivity index (χ2v) is 4.92. The quantitative estimate of drug-likeness (QED) is 0.594. The molecule has 20 heavy (non-hydrogen) atoms. The van der Waals surface area contributed by atoms with E-state index in [2.05, 4.69) is 17.6 Å². The molecule has 0 aliphatic carbocycles. The minimum absolute atomic E-state index is 0.432. The first kappa shape index (κ1) is 16.8. The van der Waals surface area contributed by atoms with Crippen LogP contribution in [-0.4, -0.2) is 11.7 Å². The van der Waals surface area contributed by atoms with E-state index in [9.17, 15) is 13.2 Å². The Kier molecular flexibility index (Phi) is 6.78. The van der Waals surface area contributed by atoms with Gasteiger partial charge in [-0.3, -0.25) is 0 Å². The summed E-state index contributed by atoms with van der Waals surface area (Å²) in [5.41, 5.74) is -0.120. The van der Waals surface area contributed by atoms with Crippen LogP contribution < -0.4 is 10.6 Å². The van der Waals surface area contributed by atoms with Crippen LogP contribution in [0.3, 0.4) is 0 Å². The van der Waals surface area contributed by atoms with Crippen LogP contribution in [0.2, 0.25) is 0 Å². The number of hydrogen-bond donors (Lipinski definition) is 2. The molecule has 1 aromatic rings. The van der Waals surface area contributed by atoms with E-state index >= 15 is 0 Å². The van der Waals surface area contributed by atoms with Gasteiger partial charge in [0.25, 0.3) is 0 Å². The van der Waals surface area contributed by atoms with Crippen molar-refractivity contribution in [3.05, 3.63) is 29.8 Å². The highest BCUT2D eigenvalue weighted by Gasteiger charge is 2.29. The second-order valence-electron chi connectivity index (χ2n) is 4.52. The molecule has 6 heteroatoms. The van der Waals surface area contributed by atoms with Crippen LogP contribution in [0.25, 0.3) is 0 Å². The number of anilines is 1. The lowest BCUT2D eigenvalue weighted by Gasteiger charge is -2.11. The van der Waals surface area contributed by atoms with Crippen LogP contribution >= 0.6 is 12.2 Å². The molecular formula is C14H19F3N2S. The Labute approximate surface area is 122 Å². The minimum Gasteiger partial charge on any atom is -0.362 e. The summed E-state index contributed by atoms with van der Waals surface area (Å²) < 4.78 is 37.2. The Hall–Kier alpha value is -1.30. The maximum absolute atomic E-state index is 12.4. The molecule has 1 aromatic carbocycles. The minimum atomic E-state index is -4.31. The summed E-state index contributed by atoms with van der Waals surface area (Å²) in [6.45, 7) is 2.91. The van der Waals surface area contributed by atoms with Crippen molar-refractivity contribution >= 4 is 23.0 Å². The lowest BCUT2D eigenvalue weighted by Crippen LogP contribution is -2.29. The first-order valence-electron chi connectivity index (χ1n) is 6.65. The zero-order valence-corrected chi connectivity index (χ0v) is 12.2. The van der Waals surface area contributed by atoms with E-state index in [4.69, 9.17) is 12.2 Å². The van der Waals surface area contributed by atoms with Crippen molar-refractivity contribution in [2.45, 2.75) is 38.8 Å². The molecule has 0 unspecified atom stereocenters. The molecule has 0 spiro atoms. The molecule has 1 rings (SSSR count). The molecule has 0 fully saturated rings. The Balaban J connectivity index is 2.35. The highest BCUT2D eigenvalue weighted by Crippen LogP contribution is 2.29. The first-order valence-corrected chi connectivity index (χ1v) is 7.06. The average Bonchev–Trinajstić information content (AvgIpc) is 2.38. The van der Waals surface area contributed by atoms with Gasteiger partial charge in [0.05, 0.1) is 5.56 Å². The molecule has 112 valence electrons. The van der Waals surface area contributed by atoms with Gasteiger partial charge in [0.15, 0.2) is 5.11 Å². The molecule has 0 bridgehead atoms. The summed E-state index contributed by atoms with van der Waals surface area (Å²) in [5.74, 6) is 0. The van der Waals surface area contributed by atoms with Gasteiger partial charge in [-0.15, -0.1) is 0 Å². The monoisotopic (exact) mass is 304 g/mol. The van der Waals surface area contributed by atoms with E-state index in [1.54, 1.807) is 0 Å². The van der Waals surface area contributed by atoms with E-state index in [1.165, 1.54) is 25.0 Å². The fourth-order valence-electron chi connectivity index (χ4n) is 1.67. The molecule has 0 atom stereocenters. The maximum atomic E-state index is 12.4. The van der Waals surface area contributed by atoms with Crippen LogP contribution in [0, 0.1) is 0 Å². The van der Waals surface area contributed by atoms with E-state index in [-0.39, 0.29) is 0 Å². The number of hydrogen-bond acceptors (Lipinski definition) is 1.